The van der Waals surface area contributed by atoms with Gasteiger partial charge in [-0.05, 0) is 26.3 Å². The molecule has 1 fully saturated rings. The fraction of sp³-hybridized carbons (Fsp3) is 0.692. The second-order valence-corrected chi connectivity index (χ2v) is 5.34. The van der Waals surface area contributed by atoms with Crippen molar-refractivity contribution in [3.05, 3.63) is 11.4 Å². The number of nitrogens with one attached hydrogen (secondary N) is 1. The van der Waals surface area contributed by atoms with Crippen molar-refractivity contribution < 1.29 is 14.7 Å². The van der Waals surface area contributed by atoms with Gasteiger partial charge < -0.3 is 16.2 Å². The minimum absolute atomic E-state index is 0.138. The fourth-order valence-corrected chi connectivity index (χ4v) is 2.66. The van der Waals surface area contributed by atoms with Crippen LogP contribution in [0.25, 0.3) is 0 Å². The summed E-state index contributed by atoms with van der Waals surface area (Å²) in [5.41, 5.74) is 5.75. The molecule has 1 aliphatic carbocycles. The van der Waals surface area contributed by atoms with Crippen molar-refractivity contribution in [2.75, 3.05) is 6.54 Å². The van der Waals surface area contributed by atoms with Crippen LogP contribution in [0.3, 0.4) is 0 Å². The molecule has 8 heteroatoms. The van der Waals surface area contributed by atoms with Gasteiger partial charge in [-0.25, -0.2) is 9.48 Å². The van der Waals surface area contributed by atoms with E-state index in [1.807, 2.05) is 0 Å². The molecule has 0 spiro atoms. The zero-order valence-electron chi connectivity index (χ0n) is 12.1. The maximum absolute atomic E-state index is 12.3. The number of hydrogen-bond donors (Lipinski definition) is 3. The lowest BCUT2D eigenvalue weighted by Gasteiger charge is -2.18. The van der Waals surface area contributed by atoms with Gasteiger partial charge in [0.2, 0.25) is 5.91 Å². The highest BCUT2D eigenvalue weighted by atomic mass is 16.4. The molecule has 2 rings (SSSR count). The topological polar surface area (TPSA) is 123 Å². The Morgan fingerprint density at radius 3 is 2.71 bits per heavy atom. The minimum atomic E-state index is -1.16. The highest BCUT2D eigenvalue weighted by Gasteiger charge is 2.26. The van der Waals surface area contributed by atoms with Crippen LogP contribution in [0, 0.1) is 0 Å². The van der Waals surface area contributed by atoms with Crippen LogP contribution in [-0.2, 0) is 11.2 Å². The molecule has 0 radical (unpaired) electrons. The largest absolute Gasteiger partial charge is 0.476 e. The average Bonchev–Trinajstić information content (AvgIpc) is 3.07. The summed E-state index contributed by atoms with van der Waals surface area (Å²) in [6.07, 6.45) is 4.56. The number of aromatic nitrogens is 3. The van der Waals surface area contributed by atoms with Gasteiger partial charge in [-0.3, -0.25) is 4.79 Å². The number of hydrogen-bond acceptors (Lipinski definition) is 5. The van der Waals surface area contributed by atoms with Gasteiger partial charge >= 0.3 is 5.97 Å². The second kappa shape index (κ2) is 6.66. The number of aromatic carboxylic acids is 1. The van der Waals surface area contributed by atoms with Gasteiger partial charge in [-0.1, -0.05) is 18.1 Å². The van der Waals surface area contributed by atoms with Gasteiger partial charge in [0.1, 0.15) is 6.04 Å². The van der Waals surface area contributed by atoms with E-state index in [-0.39, 0.29) is 24.2 Å². The molecule has 1 aromatic heterocycles. The van der Waals surface area contributed by atoms with Gasteiger partial charge in [-0.15, -0.1) is 5.10 Å². The van der Waals surface area contributed by atoms with E-state index in [1.54, 1.807) is 6.92 Å². The summed E-state index contributed by atoms with van der Waals surface area (Å²) in [5.74, 6) is -1.32. The van der Waals surface area contributed by atoms with Crippen LogP contribution in [0.5, 0.6) is 0 Å². The molecule has 1 saturated carbocycles. The van der Waals surface area contributed by atoms with Gasteiger partial charge in [-0.2, -0.15) is 0 Å². The third-order valence-corrected chi connectivity index (χ3v) is 3.82. The van der Waals surface area contributed by atoms with Gasteiger partial charge in [0.25, 0.3) is 0 Å². The van der Waals surface area contributed by atoms with Crippen molar-refractivity contribution in [2.24, 2.45) is 5.73 Å². The molecular weight excluding hydrogens is 274 g/mol. The molecule has 0 saturated heterocycles. The Hall–Kier alpha value is -1.96. The minimum Gasteiger partial charge on any atom is -0.476 e. The molecule has 1 amide bonds. The maximum atomic E-state index is 12.3. The van der Waals surface area contributed by atoms with Crippen molar-refractivity contribution in [1.29, 1.82) is 0 Å². The molecule has 0 aliphatic heterocycles. The highest BCUT2D eigenvalue weighted by Crippen LogP contribution is 2.19. The van der Waals surface area contributed by atoms with Crippen LogP contribution in [0.4, 0.5) is 0 Å². The first-order valence-corrected chi connectivity index (χ1v) is 7.22. The normalized spacial score (nSPS) is 16.9. The Morgan fingerprint density at radius 1 is 1.48 bits per heavy atom. The number of carbonyl (C=O) groups is 2. The number of nitrogens with zero attached hydrogens (tertiary/aromatic N) is 3. The second-order valence-electron chi connectivity index (χ2n) is 5.34. The molecule has 0 bridgehead atoms. The predicted molar refractivity (Wildman–Crippen MR) is 74.8 cm³/mol. The van der Waals surface area contributed by atoms with E-state index >= 15 is 0 Å². The molecule has 1 atom stereocenters. The van der Waals surface area contributed by atoms with Crippen molar-refractivity contribution in [2.45, 2.75) is 51.1 Å². The van der Waals surface area contributed by atoms with Crippen molar-refractivity contribution >= 4 is 11.9 Å². The van der Waals surface area contributed by atoms with E-state index in [9.17, 15) is 9.59 Å². The Labute approximate surface area is 122 Å². The van der Waals surface area contributed by atoms with E-state index in [0.717, 1.165) is 25.7 Å². The zero-order chi connectivity index (χ0) is 15.4. The Kier molecular flexibility index (Phi) is 4.89. The molecule has 1 unspecified atom stereocenters. The molecule has 8 nitrogen and oxygen atoms in total. The monoisotopic (exact) mass is 295 g/mol. The van der Waals surface area contributed by atoms with E-state index < -0.39 is 12.0 Å². The lowest BCUT2D eigenvalue weighted by atomic mass is 10.2. The van der Waals surface area contributed by atoms with Gasteiger partial charge in [0, 0.05) is 12.5 Å². The quantitative estimate of drug-likeness (QED) is 0.684. The third-order valence-electron chi connectivity index (χ3n) is 3.82. The zero-order valence-corrected chi connectivity index (χ0v) is 12.1. The summed E-state index contributed by atoms with van der Waals surface area (Å²) in [7, 11) is 0. The molecule has 1 aromatic rings. The smallest absolute Gasteiger partial charge is 0.358 e. The first-order valence-electron chi connectivity index (χ1n) is 7.22. The predicted octanol–water partition coefficient (Wildman–Crippen LogP) is 0.0973. The Bertz CT molecular complexity index is 522. The Morgan fingerprint density at radius 2 is 2.14 bits per heavy atom. The number of amides is 1. The van der Waals surface area contributed by atoms with E-state index in [2.05, 4.69) is 15.6 Å². The summed E-state index contributed by atoms with van der Waals surface area (Å²) in [6, 6.07) is -0.395. The van der Waals surface area contributed by atoms with Crippen molar-refractivity contribution in [3.8, 4) is 0 Å². The van der Waals surface area contributed by atoms with Gasteiger partial charge in [0.05, 0.1) is 5.69 Å². The molecular formula is C13H21N5O3. The van der Waals surface area contributed by atoms with E-state index in [0.29, 0.717) is 12.1 Å². The fourth-order valence-electron chi connectivity index (χ4n) is 2.66. The van der Waals surface area contributed by atoms with Crippen molar-refractivity contribution in [1.82, 2.24) is 20.3 Å². The lowest BCUT2D eigenvalue weighted by Crippen LogP contribution is -2.38. The number of carboxylic acid groups (broad SMARTS) is 1. The standard InChI is InChI=1S/C13H21N5O3/c1-8(12(19)15-9-4-2-3-5-9)18-10(6-7-14)11(13(20)21)16-17-18/h8-9H,2-7,14H2,1H3,(H,15,19)(H,20,21). The summed E-state index contributed by atoms with van der Waals surface area (Å²) in [4.78, 5) is 23.4. The van der Waals surface area contributed by atoms with Crippen LogP contribution in [0.15, 0.2) is 0 Å². The van der Waals surface area contributed by atoms with Crippen molar-refractivity contribution in [3.63, 3.8) is 0 Å². The van der Waals surface area contributed by atoms with Gasteiger partial charge in [0.15, 0.2) is 5.69 Å². The number of nitrogens with two attached hydrogens (primary N) is 1. The number of carbonyl (C=O) groups excluding carboxylic acids is 1. The first-order chi connectivity index (χ1) is 10.0. The molecule has 0 aromatic carbocycles. The molecule has 1 heterocycles. The molecule has 116 valence electrons. The summed E-state index contributed by atoms with van der Waals surface area (Å²) >= 11 is 0. The summed E-state index contributed by atoms with van der Waals surface area (Å²) < 4.78 is 1.36. The van der Waals surface area contributed by atoms with Crippen LogP contribution in [-0.4, -0.2) is 44.6 Å². The molecule has 1 aliphatic rings. The number of rotatable bonds is 6. The highest BCUT2D eigenvalue weighted by molar-refractivity contribution is 5.87. The van der Waals surface area contributed by atoms with E-state index in [4.69, 9.17) is 10.8 Å². The lowest BCUT2D eigenvalue weighted by molar-refractivity contribution is -0.124. The maximum Gasteiger partial charge on any atom is 0.358 e. The molecule has 4 N–H and O–H groups in total. The van der Waals surface area contributed by atoms with Crippen LogP contribution >= 0.6 is 0 Å². The third kappa shape index (κ3) is 3.38. The first kappa shape index (κ1) is 15.4. The average molecular weight is 295 g/mol. The summed E-state index contributed by atoms with van der Waals surface area (Å²) in [6.45, 7) is 1.95. The molecule has 21 heavy (non-hydrogen) atoms. The summed E-state index contributed by atoms with van der Waals surface area (Å²) in [5, 5.41) is 19.5. The van der Waals surface area contributed by atoms with E-state index in [1.165, 1.54) is 4.68 Å². The SMILES string of the molecule is CC(C(=O)NC1CCCC1)n1nnc(C(=O)O)c1CCN. The number of carboxylic acids is 1. The van der Waals surface area contributed by atoms with Crippen LogP contribution < -0.4 is 11.1 Å². The van der Waals surface area contributed by atoms with Crippen LogP contribution in [0.2, 0.25) is 0 Å². The Balaban J connectivity index is 2.15. The van der Waals surface area contributed by atoms with Crippen LogP contribution in [0.1, 0.15) is 54.8 Å².